The normalized spacial score (nSPS) is 21.6. The van der Waals surface area contributed by atoms with Gasteiger partial charge in [-0.3, -0.25) is 0 Å². The van der Waals surface area contributed by atoms with Crippen molar-refractivity contribution in [2.75, 3.05) is 0 Å². The molecule has 0 spiro atoms. The molecule has 0 aliphatic heterocycles. The summed E-state index contributed by atoms with van der Waals surface area (Å²) in [5.41, 5.74) is 3.05. The minimum Gasteiger partial charge on any atom is -0.389 e. The van der Waals surface area contributed by atoms with Gasteiger partial charge in [0.15, 0.2) is 0 Å². The standard InChI is InChI=1S/C25H24Br2N2O3S/c1-15-5-9-18(10-6-15)33(31,32)28-21-3-2-4-24(25(21)30)29-22-11-7-16(26)13-19(22)20-14-17(27)8-12-23(20)29/h5-14,21,24-25,28,30H,2-4H2,1H3/t21-,24?,25+/m1/s1. The first-order valence-corrected chi connectivity index (χ1v) is 14.0. The topological polar surface area (TPSA) is 71.3 Å². The molecule has 8 heteroatoms. The maximum Gasteiger partial charge on any atom is 0.240 e. The van der Waals surface area contributed by atoms with Gasteiger partial charge < -0.3 is 9.67 Å². The highest BCUT2D eigenvalue weighted by Gasteiger charge is 2.37. The summed E-state index contributed by atoms with van der Waals surface area (Å²) < 4.78 is 33.0. The Bertz CT molecular complexity index is 1390. The summed E-state index contributed by atoms with van der Waals surface area (Å²) >= 11 is 7.15. The second kappa shape index (κ2) is 8.82. The van der Waals surface area contributed by atoms with E-state index in [1.165, 1.54) is 0 Å². The average molecular weight is 592 g/mol. The fourth-order valence-corrected chi connectivity index (χ4v) is 6.92. The maximum atomic E-state index is 13.0. The number of fused-ring (bicyclic) bond motifs is 3. The van der Waals surface area contributed by atoms with Crippen LogP contribution >= 0.6 is 31.9 Å². The molecule has 5 nitrogen and oxygen atoms in total. The molecule has 3 atom stereocenters. The number of rotatable bonds is 4. The summed E-state index contributed by atoms with van der Waals surface area (Å²) in [5, 5.41) is 13.6. The van der Waals surface area contributed by atoms with E-state index >= 15 is 0 Å². The number of benzene rings is 3. The molecule has 0 saturated heterocycles. The molecular formula is C25H24Br2N2O3S. The number of halogens is 2. The Morgan fingerprint density at radius 3 is 2.06 bits per heavy atom. The molecule has 0 bridgehead atoms. The van der Waals surface area contributed by atoms with Gasteiger partial charge in [0.2, 0.25) is 10.0 Å². The van der Waals surface area contributed by atoms with Crippen molar-refractivity contribution >= 4 is 63.7 Å². The highest BCUT2D eigenvalue weighted by atomic mass is 79.9. The van der Waals surface area contributed by atoms with Gasteiger partial charge in [-0.05, 0) is 74.7 Å². The fourth-order valence-electron chi connectivity index (χ4n) is 4.91. The SMILES string of the molecule is Cc1ccc(S(=O)(=O)N[C@@H]2CCCC(n3c4ccc(Br)cc4c4cc(Br)ccc43)[C@H]2O)cc1. The van der Waals surface area contributed by atoms with Crippen LogP contribution in [0.2, 0.25) is 0 Å². The van der Waals surface area contributed by atoms with Crippen molar-refractivity contribution in [1.82, 2.24) is 9.29 Å². The monoisotopic (exact) mass is 590 g/mol. The molecule has 5 rings (SSSR count). The molecular weight excluding hydrogens is 568 g/mol. The van der Waals surface area contributed by atoms with Crippen LogP contribution in [0, 0.1) is 6.92 Å². The maximum absolute atomic E-state index is 13.0. The molecule has 0 radical (unpaired) electrons. The van der Waals surface area contributed by atoms with Crippen LogP contribution in [-0.2, 0) is 10.0 Å². The van der Waals surface area contributed by atoms with E-state index in [9.17, 15) is 13.5 Å². The number of aromatic nitrogens is 1. The molecule has 1 aromatic heterocycles. The fraction of sp³-hybridized carbons (Fsp3) is 0.280. The molecule has 1 heterocycles. The summed E-state index contributed by atoms with van der Waals surface area (Å²) in [6.45, 7) is 1.92. The largest absolute Gasteiger partial charge is 0.389 e. The molecule has 1 saturated carbocycles. The van der Waals surface area contributed by atoms with Gasteiger partial charge in [-0.25, -0.2) is 13.1 Å². The number of aliphatic hydroxyl groups is 1. The highest BCUT2D eigenvalue weighted by molar-refractivity contribution is 9.10. The molecule has 1 aliphatic carbocycles. The van der Waals surface area contributed by atoms with E-state index in [0.717, 1.165) is 49.2 Å². The molecule has 1 aliphatic rings. The van der Waals surface area contributed by atoms with Crippen LogP contribution < -0.4 is 4.72 Å². The Labute approximate surface area is 210 Å². The van der Waals surface area contributed by atoms with Gasteiger partial charge in [0.1, 0.15) is 0 Å². The van der Waals surface area contributed by atoms with Gasteiger partial charge in [0.25, 0.3) is 0 Å². The van der Waals surface area contributed by atoms with Crippen molar-refractivity contribution < 1.29 is 13.5 Å². The molecule has 4 aromatic rings. The number of aliphatic hydroxyl groups excluding tert-OH is 1. The Morgan fingerprint density at radius 1 is 0.909 bits per heavy atom. The number of hydrogen-bond donors (Lipinski definition) is 2. The van der Waals surface area contributed by atoms with Crippen LogP contribution in [0.5, 0.6) is 0 Å². The van der Waals surface area contributed by atoms with Crippen molar-refractivity contribution in [3.63, 3.8) is 0 Å². The third-order valence-electron chi connectivity index (χ3n) is 6.52. The lowest BCUT2D eigenvalue weighted by Gasteiger charge is -2.36. The van der Waals surface area contributed by atoms with Gasteiger partial charge in [-0.15, -0.1) is 0 Å². The molecule has 1 fully saturated rings. The molecule has 33 heavy (non-hydrogen) atoms. The van der Waals surface area contributed by atoms with Gasteiger partial charge in [-0.2, -0.15) is 0 Å². The molecule has 0 amide bonds. The Kier molecular flexibility index (Phi) is 6.16. The lowest BCUT2D eigenvalue weighted by Crippen LogP contribution is -2.49. The molecule has 1 unspecified atom stereocenters. The summed E-state index contributed by atoms with van der Waals surface area (Å²) in [4.78, 5) is 0.217. The van der Waals surface area contributed by atoms with Crippen LogP contribution in [0.3, 0.4) is 0 Å². The Hall–Kier alpha value is -1.71. The lowest BCUT2D eigenvalue weighted by atomic mass is 9.88. The molecule has 2 N–H and O–H groups in total. The second-order valence-electron chi connectivity index (χ2n) is 8.72. The number of sulfonamides is 1. The first kappa shape index (κ1) is 23.1. The van der Waals surface area contributed by atoms with Crippen LogP contribution in [0.15, 0.2) is 74.5 Å². The van der Waals surface area contributed by atoms with E-state index < -0.39 is 22.2 Å². The van der Waals surface area contributed by atoms with E-state index in [0.29, 0.717) is 6.42 Å². The first-order chi connectivity index (χ1) is 15.7. The van der Waals surface area contributed by atoms with Crippen molar-refractivity contribution in [3.05, 3.63) is 75.2 Å². The summed E-state index contributed by atoms with van der Waals surface area (Å²) in [5.74, 6) is 0. The van der Waals surface area contributed by atoms with Crippen molar-refractivity contribution in [2.24, 2.45) is 0 Å². The van der Waals surface area contributed by atoms with Crippen molar-refractivity contribution in [2.45, 2.75) is 49.3 Å². The van der Waals surface area contributed by atoms with E-state index in [1.807, 2.05) is 19.1 Å². The Morgan fingerprint density at radius 2 is 1.48 bits per heavy atom. The van der Waals surface area contributed by atoms with E-state index in [2.05, 4.69) is 65.4 Å². The number of aryl methyl sites for hydroxylation is 1. The van der Waals surface area contributed by atoms with Crippen LogP contribution in [0.4, 0.5) is 0 Å². The predicted molar refractivity (Wildman–Crippen MR) is 139 cm³/mol. The summed E-state index contributed by atoms with van der Waals surface area (Å²) in [6, 6.07) is 18.3. The predicted octanol–water partition coefficient (Wildman–Crippen LogP) is 6.06. The number of nitrogens with zero attached hydrogens (tertiary/aromatic N) is 1. The summed E-state index contributed by atoms with van der Waals surface area (Å²) in [6.07, 6.45) is 1.33. The molecule has 3 aromatic carbocycles. The second-order valence-corrected chi connectivity index (χ2v) is 12.3. The van der Waals surface area contributed by atoms with Crippen LogP contribution in [-0.4, -0.2) is 30.2 Å². The zero-order valence-electron chi connectivity index (χ0n) is 18.0. The summed E-state index contributed by atoms with van der Waals surface area (Å²) in [7, 11) is -3.73. The zero-order chi connectivity index (χ0) is 23.3. The van der Waals surface area contributed by atoms with Gasteiger partial charge in [0, 0.05) is 30.8 Å². The zero-order valence-corrected chi connectivity index (χ0v) is 22.0. The number of nitrogens with one attached hydrogen (secondary N) is 1. The molecule has 172 valence electrons. The third-order valence-corrected chi connectivity index (χ3v) is 9.01. The van der Waals surface area contributed by atoms with Crippen molar-refractivity contribution in [1.29, 1.82) is 0 Å². The van der Waals surface area contributed by atoms with Gasteiger partial charge in [-0.1, -0.05) is 49.6 Å². The van der Waals surface area contributed by atoms with Gasteiger partial charge in [0.05, 0.1) is 23.1 Å². The van der Waals surface area contributed by atoms with Crippen LogP contribution in [0.1, 0.15) is 30.9 Å². The van der Waals surface area contributed by atoms with E-state index in [1.54, 1.807) is 24.3 Å². The third kappa shape index (κ3) is 4.28. The van der Waals surface area contributed by atoms with E-state index in [-0.39, 0.29) is 10.9 Å². The number of hydrogen-bond acceptors (Lipinski definition) is 3. The lowest BCUT2D eigenvalue weighted by molar-refractivity contribution is 0.0547. The minimum absolute atomic E-state index is 0.217. The van der Waals surface area contributed by atoms with Crippen LogP contribution in [0.25, 0.3) is 21.8 Å². The van der Waals surface area contributed by atoms with Crippen molar-refractivity contribution in [3.8, 4) is 0 Å². The minimum atomic E-state index is -3.73. The smallest absolute Gasteiger partial charge is 0.240 e. The Balaban J connectivity index is 1.54. The van der Waals surface area contributed by atoms with Gasteiger partial charge >= 0.3 is 0 Å². The first-order valence-electron chi connectivity index (χ1n) is 10.9. The van der Waals surface area contributed by atoms with E-state index in [4.69, 9.17) is 0 Å². The quantitative estimate of drug-likeness (QED) is 0.303. The highest BCUT2D eigenvalue weighted by Crippen LogP contribution is 2.39. The average Bonchev–Trinajstić information content (AvgIpc) is 3.08.